The topological polar surface area (TPSA) is 57.6 Å². The Morgan fingerprint density at radius 2 is 1.57 bits per heavy atom. The number of halogens is 3. The molecule has 1 unspecified atom stereocenters. The van der Waals surface area contributed by atoms with Crippen LogP contribution in [0, 0.1) is 0 Å². The lowest BCUT2D eigenvalue weighted by Gasteiger charge is -2.23. The summed E-state index contributed by atoms with van der Waals surface area (Å²) in [6, 6.07) is 18.8. The number of ketones is 1. The van der Waals surface area contributed by atoms with Gasteiger partial charge in [-0.2, -0.15) is 0 Å². The van der Waals surface area contributed by atoms with Crippen molar-refractivity contribution in [2.75, 3.05) is 4.90 Å². The van der Waals surface area contributed by atoms with E-state index in [-0.39, 0.29) is 18.7 Å². The van der Waals surface area contributed by atoms with E-state index in [1.165, 1.54) is 4.90 Å². The Morgan fingerprint density at radius 1 is 0.967 bits per heavy atom. The van der Waals surface area contributed by atoms with Crippen molar-refractivity contribution in [1.82, 2.24) is 0 Å². The SMILES string of the molecule is O=C(CC1(O)C(=O)N(Cc2ccc(Cl)cc2)c2ccc(Br)cc21)c1ccc(Cl)cc1. The Hall–Kier alpha value is -2.18. The van der Waals surface area contributed by atoms with Crippen LogP contribution in [0.5, 0.6) is 0 Å². The minimum absolute atomic E-state index is 0.252. The average Bonchev–Trinajstić information content (AvgIpc) is 2.91. The van der Waals surface area contributed by atoms with Crippen LogP contribution in [0.2, 0.25) is 10.0 Å². The number of nitrogens with zero attached hydrogens (tertiary/aromatic N) is 1. The molecule has 0 saturated carbocycles. The molecule has 3 aromatic rings. The van der Waals surface area contributed by atoms with Crippen LogP contribution in [-0.2, 0) is 16.9 Å². The van der Waals surface area contributed by atoms with Gasteiger partial charge in [0.15, 0.2) is 11.4 Å². The van der Waals surface area contributed by atoms with E-state index in [0.29, 0.717) is 31.3 Å². The lowest BCUT2D eigenvalue weighted by molar-refractivity contribution is -0.136. The van der Waals surface area contributed by atoms with Crippen LogP contribution >= 0.6 is 39.1 Å². The number of anilines is 1. The summed E-state index contributed by atoms with van der Waals surface area (Å²) in [6.07, 6.45) is -0.367. The van der Waals surface area contributed by atoms with E-state index in [1.54, 1.807) is 54.6 Å². The molecular weight excluding hydrogens is 489 g/mol. The molecule has 0 bridgehead atoms. The largest absolute Gasteiger partial charge is 0.375 e. The zero-order valence-electron chi connectivity index (χ0n) is 15.6. The second-order valence-corrected chi connectivity index (χ2v) is 8.93. The first kappa shape index (κ1) is 21.1. The van der Waals surface area contributed by atoms with Gasteiger partial charge in [-0.15, -0.1) is 0 Å². The molecule has 0 spiro atoms. The van der Waals surface area contributed by atoms with E-state index in [2.05, 4.69) is 15.9 Å². The number of aliphatic hydroxyl groups is 1. The molecule has 1 aliphatic rings. The van der Waals surface area contributed by atoms with Crippen LogP contribution in [0.15, 0.2) is 71.2 Å². The van der Waals surface area contributed by atoms with Gasteiger partial charge < -0.3 is 10.0 Å². The van der Waals surface area contributed by atoms with E-state index >= 15 is 0 Å². The predicted octanol–water partition coefficient (Wildman–Crippen LogP) is 5.76. The third-order valence-corrected chi connectivity index (χ3v) is 6.13. The molecule has 0 radical (unpaired) electrons. The van der Waals surface area contributed by atoms with Gasteiger partial charge in [0.1, 0.15) is 0 Å². The molecule has 1 heterocycles. The molecule has 3 aromatic carbocycles. The number of carbonyl (C=O) groups is 2. The first-order chi connectivity index (χ1) is 14.3. The predicted molar refractivity (Wildman–Crippen MR) is 121 cm³/mol. The molecular formula is C23H16BrCl2NO3. The smallest absolute Gasteiger partial charge is 0.264 e. The fourth-order valence-corrected chi connectivity index (χ4v) is 4.21. The zero-order chi connectivity index (χ0) is 21.5. The average molecular weight is 505 g/mol. The second-order valence-electron chi connectivity index (χ2n) is 7.15. The molecule has 4 nitrogen and oxygen atoms in total. The van der Waals surface area contributed by atoms with E-state index in [1.807, 2.05) is 12.1 Å². The monoisotopic (exact) mass is 503 g/mol. The van der Waals surface area contributed by atoms with Gasteiger partial charge in [-0.05, 0) is 60.2 Å². The number of benzene rings is 3. The van der Waals surface area contributed by atoms with E-state index in [0.717, 1.165) is 5.56 Å². The van der Waals surface area contributed by atoms with Crippen molar-refractivity contribution in [2.24, 2.45) is 0 Å². The Balaban J connectivity index is 1.70. The first-order valence-electron chi connectivity index (χ1n) is 9.15. The van der Waals surface area contributed by atoms with Gasteiger partial charge in [0.2, 0.25) is 0 Å². The molecule has 0 fully saturated rings. The minimum Gasteiger partial charge on any atom is -0.375 e. The Bertz CT molecular complexity index is 1130. The van der Waals surface area contributed by atoms with Crippen LogP contribution in [0.1, 0.15) is 27.9 Å². The van der Waals surface area contributed by atoms with Gasteiger partial charge in [0, 0.05) is 25.6 Å². The van der Waals surface area contributed by atoms with Crippen molar-refractivity contribution in [3.8, 4) is 0 Å². The molecule has 1 amide bonds. The van der Waals surface area contributed by atoms with E-state index in [9.17, 15) is 14.7 Å². The Labute approximate surface area is 192 Å². The van der Waals surface area contributed by atoms with Crippen molar-refractivity contribution < 1.29 is 14.7 Å². The van der Waals surface area contributed by atoms with Crippen LogP contribution in [-0.4, -0.2) is 16.8 Å². The molecule has 0 saturated heterocycles. The van der Waals surface area contributed by atoms with Crippen molar-refractivity contribution in [3.63, 3.8) is 0 Å². The van der Waals surface area contributed by atoms with Gasteiger partial charge in [-0.1, -0.05) is 51.3 Å². The highest BCUT2D eigenvalue weighted by Gasteiger charge is 2.51. The summed E-state index contributed by atoms with van der Waals surface area (Å²) in [7, 11) is 0. The maximum Gasteiger partial charge on any atom is 0.264 e. The highest BCUT2D eigenvalue weighted by molar-refractivity contribution is 9.10. The van der Waals surface area contributed by atoms with Gasteiger partial charge >= 0.3 is 0 Å². The lowest BCUT2D eigenvalue weighted by Crippen LogP contribution is -2.41. The molecule has 152 valence electrons. The van der Waals surface area contributed by atoms with E-state index in [4.69, 9.17) is 23.2 Å². The standard InChI is InChI=1S/C23H16BrCl2NO3/c24-16-5-10-20-19(11-16)23(30,12-21(28)15-3-8-18(26)9-4-15)22(29)27(20)13-14-1-6-17(25)7-2-14/h1-11,30H,12-13H2. The van der Waals surface area contributed by atoms with Gasteiger partial charge in [-0.3, -0.25) is 9.59 Å². The fourth-order valence-electron chi connectivity index (χ4n) is 3.59. The van der Waals surface area contributed by atoms with Crippen molar-refractivity contribution >= 4 is 56.5 Å². The quantitative estimate of drug-likeness (QED) is 0.449. The number of hydrogen-bond acceptors (Lipinski definition) is 3. The van der Waals surface area contributed by atoms with E-state index < -0.39 is 11.5 Å². The number of rotatable bonds is 5. The third-order valence-electron chi connectivity index (χ3n) is 5.13. The molecule has 7 heteroatoms. The number of hydrogen-bond donors (Lipinski definition) is 1. The maximum atomic E-state index is 13.3. The molecule has 1 aliphatic heterocycles. The number of fused-ring (bicyclic) bond motifs is 1. The summed E-state index contributed by atoms with van der Waals surface area (Å²) in [5.41, 5.74) is 0.258. The molecule has 1 N–H and O–H groups in total. The van der Waals surface area contributed by atoms with Crippen LogP contribution < -0.4 is 4.90 Å². The Kier molecular flexibility index (Phi) is 5.73. The molecule has 30 heavy (non-hydrogen) atoms. The number of carbonyl (C=O) groups excluding carboxylic acids is 2. The fraction of sp³-hybridized carbons (Fsp3) is 0.130. The zero-order valence-corrected chi connectivity index (χ0v) is 18.7. The summed E-state index contributed by atoms with van der Waals surface area (Å²) in [5.74, 6) is -0.880. The third kappa shape index (κ3) is 3.91. The highest BCUT2D eigenvalue weighted by Crippen LogP contribution is 2.44. The summed E-state index contributed by atoms with van der Waals surface area (Å²) < 4.78 is 0.708. The van der Waals surface area contributed by atoms with Crippen LogP contribution in [0.25, 0.3) is 0 Å². The number of Topliss-reactive ketones (excluding diaryl/α,β-unsaturated/α-hetero) is 1. The van der Waals surface area contributed by atoms with Crippen molar-refractivity contribution in [1.29, 1.82) is 0 Å². The summed E-state index contributed by atoms with van der Waals surface area (Å²) in [5, 5.41) is 12.5. The Morgan fingerprint density at radius 3 is 2.20 bits per heavy atom. The molecule has 4 rings (SSSR count). The number of amides is 1. The highest BCUT2D eigenvalue weighted by atomic mass is 79.9. The summed E-state index contributed by atoms with van der Waals surface area (Å²) in [6.45, 7) is 0.252. The van der Waals surface area contributed by atoms with Gasteiger partial charge in [0.05, 0.1) is 18.7 Å². The summed E-state index contributed by atoms with van der Waals surface area (Å²) in [4.78, 5) is 27.7. The van der Waals surface area contributed by atoms with Gasteiger partial charge in [0.25, 0.3) is 5.91 Å². The van der Waals surface area contributed by atoms with Crippen molar-refractivity contribution in [2.45, 2.75) is 18.6 Å². The molecule has 1 atom stereocenters. The lowest BCUT2D eigenvalue weighted by atomic mass is 9.88. The molecule has 0 aromatic heterocycles. The van der Waals surface area contributed by atoms with Crippen molar-refractivity contribution in [3.05, 3.63) is 97.9 Å². The summed E-state index contributed by atoms with van der Waals surface area (Å²) >= 11 is 15.2. The second kappa shape index (κ2) is 8.16. The van der Waals surface area contributed by atoms with Crippen LogP contribution in [0.4, 0.5) is 5.69 Å². The maximum absolute atomic E-state index is 13.3. The minimum atomic E-state index is -1.96. The first-order valence-corrected chi connectivity index (χ1v) is 10.7. The van der Waals surface area contributed by atoms with Gasteiger partial charge in [-0.25, -0.2) is 0 Å². The molecule has 0 aliphatic carbocycles. The normalized spacial score (nSPS) is 17.9. The van der Waals surface area contributed by atoms with Crippen LogP contribution in [0.3, 0.4) is 0 Å².